The zero-order valence-electron chi connectivity index (χ0n) is 16.9. The average Bonchev–Trinajstić information content (AvgIpc) is 2.75. The van der Waals surface area contributed by atoms with Gasteiger partial charge in [-0.2, -0.15) is 0 Å². The molecule has 0 amide bonds. The van der Waals surface area contributed by atoms with Gasteiger partial charge in [0.15, 0.2) is 0 Å². The molecule has 0 aliphatic heterocycles. The van der Waals surface area contributed by atoms with Crippen molar-refractivity contribution in [2.75, 3.05) is 14.2 Å². The van der Waals surface area contributed by atoms with Crippen molar-refractivity contribution in [2.24, 2.45) is 0 Å². The molecule has 0 bridgehead atoms. The highest BCUT2D eigenvalue weighted by atomic mass is 16.5. The molecule has 7 nitrogen and oxygen atoms in total. The number of carbonyl (C=O) groups is 1. The Bertz CT molecular complexity index is 1160. The molecule has 0 atom stereocenters. The minimum Gasteiger partial charge on any atom is -0.508 e. The summed E-state index contributed by atoms with van der Waals surface area (Å²) in [6, 6.07) is 9.63. The first-order chi connectivity index (χ1) is 14.4. The maximum atomic E-state index is 12.2. The molecular weight excluding hydrogens is 388 g/mol. The van der Waals surface area contributed by atoms with Crippen LogP contribution in [0.4, 0.5) is 0 Å². The van der Waals surface area contributed by atoms with Gasteiger partial charge < -0.3 is 23.7 Å². The zero-order valence-corrected chi connectivity index (χ0v) is 16.9. The second kappa shape index (κ2) is 9.17. The van der Waals surface area contributed by atoms with Crippen LogP contribution in [0.1, 0.15) is 23.6 Å². The number of hydrogen-bond donors (Lipinski definition) is 1. The molecule has 3 aromatic rings. The molecule has 30 heavy (non-hydrogen) atoms. The highest BCUT2D eigenvalue weighted by Gasteiger charge is 2.11. The molecule has 0 spiro atoms. The van der Waals surface area contributed by atoms with Gasteiger partial charge in [-0.25, -0.2) is 9.59 Å². The van der Waals surface area contributed by atoms with Crippen molar-refractivity contribution in [1.82, 2.24) is 0 Å². The molecule has 0 saturated heterocycles. The topological polar surface area (TPSA) is 95.2 Å². The van der Waals surface area contributed by atoms with E-state index in [1.807, 2.05) is 6.92 Å². The molecule has 1 aromatic heterocycles. The number of rotatable bonds is 7. The van der Waals surface area contributed by atoms with Crippen LogP contribution < -0.4 is 15.1 Å². The first kappa shape index (κ1) is 21.0. The maximum Gasteiger partial charge on any atom is 0.336 e. The lowest BCUT2D eigenvalue weighted by Crippen LogP contribution is -2.06. The van der Waals surface area contributed by atoms with E-state index < -0.39 is 11.6 Å². The van der Waals surface area contributed by atoms with Gasteiger partial charge in [0.25, 0.3) is 0 Å². The van der Waals surface area contributed by atoms with Crippen LogP contribution in [0.3, 0.4) is 0 Å². The van der Waals surface area contributed by atoms with Crippen LogP contribution in [-0.2, 0) is 22.6 Å². The SMILES string of the molecule is CCc1cc2c(COC(=O)/C=C/c3ccc(OC)cc3OC)cc(=O)oc2cc1O. The Morgan fingerprint density at radius 1 is 1.10 bits per heavy atom. The lowest BCUT2D eigenvalue weighted by molar-refractivity contribution is -0.138. The van der Waals surface area contributed by atoms with E-state index in [9.17, 15) is 14.7 Å². The van der Waals surface area contributed by atoms with E-state index in [1.54, 1.807) is 37.5 Å². The number of ether oxygens (including phenoxy) is 3. The van der Waals surface area contributed by atoms with Crippen molar-refractivity contribution in [2.45, 2.75) is 20.0 Å². The van der Waals surface area contributed by atoms with Crippen LogP contribution in [0.5, 0.6) is 17.2 Å². The minimum atomic E-state index is -0.587. The van der Waals surface area contributed by atoms with Crippen molar-refractivity contribution < 1.29 is 28.5 Å². The van der Waals surface area contributed by atoms with Gasteiger partial charge in [-0.15, -0.1) is 0 Å². The average molecular weight is 410 g/mol. The Morgan fingerprint density at radius 2 is 1.90 bits per heavy atom. The molecule has 0 saturated carbocycles. The molecule has 7 heteroatoms. The maximum absolute atomic E-state index is 12.2. The van der Waals surface area contributed by atoms with Gasteiger partial charge in [0, 0.05) is 40.8 Å². The van der Waals surface area contributed by atoms with Gasteiger partial charge in [-0.05, 0) is 36.3 Å². The summed E-state index contributed by atoms with van der Waals surface area (Å²) in [6.07, 6.45) is 3.46. The lowest BCUT2D eigenvalue weighted by Gasteiger charge is -2.09. The number of benzene rings is 2. The van der Waals surface area contributed by atoms with Gasteiger partial charge in [0.1, 0.15) is 29.4 Å². The Labute approximate surface area is 173 Å². The van der Waals surface area contributed by atoms with Crippen molar-refractivity contribution in [3.05, 3.63) is 69.6 Å². The molecule has 0 unspecified atom stereocenters. The van der Waals surface area contributed by atoms with Crippen molar-refractivity contribution in [3.8, 4) is 17.2 Å². The Kier molecular flexibility index (Phi) is 6.41. The number of phenolic OH excluding ortho intramolecular Hbond substituents is 1. The van der Waals surface area contributed by atoms with Crippen molar-refractivity contribution in [3.63, 3.8) is 0 Å². The Hall–Kier alpha value is -3.74. The first-order valence-corrected chi connectivity index (χ1v) is 9.30. The third kappa shape index (κ3) is 4.63. The van der Waals surface area contributed by atoms with Crippen LogP contribution in [0.2, 0.25) is 0 Å². The molecule has 156 valence electrons. The molecule has 0 aliphatic carbocycles. The Balaban J connectivity index is 1.78. The summed E-state index contributed by atoms with van der Waals surface area (Å²) in [5.74, 6) is 0.665. The summed E-state index contributed by atoms with van der Waals surface area (Å²) < 4.78 is 20.9. The fraction of sp³-hybridized carbons (Fsp3) is 0.217. The summed E-state index contributed by atoms with van der Waals surface area (Å²) in [6.45, 7) is 1.79. The molecule has 1 N–H and O–H groups in total. The normalized spacial score (nSPS) is 11.0. The monoisotopic (exact) mass is 410 g/mol. The van der Waals surface area contributed by atoms with Gasteiger partial charge >= 0.3 is 11.6 Å². The summed E-state index contributed by atoms with van der Waals surface area (Å²) in [5.41, 5.74) is 1.54. The second-order valence-corrected chi connectivity index (χ2v) is 6.47. The van der Waals surface area contributed by atoms with Crippen molar-refractivity contribution in [1.29, 1.82) is 0 Å². The van der Waals surface area contributed by atoms with E-state index >= 15 is 0 Å². The summed E-state index contributed by atoms with van der Waals surface area (Å²) >= 11 is 0. The van der Waals surface area contributed by atoms with Gasteiger partial charge in [-0.1, -0.05) is 6.92 Å². The van der Waals surface area contributed by atoms with Crippen LogP contribution in [0, 0.1) is 0 Å². The summed E-state index contributed by atoms with van der Waals surface area (Å²) in [4.78, 5) is 24.0. The molecule has 1 heterocycles. The van der Waals surface area contributed by atoms with Crippen molar-refractivity contribution >= 4 is 23.0 Å². The van der Waals surface area contributed by atoms with E-state index in [1.165, 1.54) is 25.3 Å². The number of methoxy groups -OCH3 is 2. The molecule has 2 aromatic carbocycles. The number of phenols is 1. The predicted octanol–water partition coefficient (Wildman–Crippen LogP) is 3.83. The highest BCUT2D eigenvalue weighted by Crippen LogP contribution is 2.28. The van der Waals surface area contributed by atoms with E-state index in [-0.39, 0.29) is 17.9 Å². The first-order valence-electron chi connectivity index (χ1n) is 9.30. The number of aromatic hydroxyl groups is 1. The number of carbonyl (C=O) groups excluding carboxylic acids is 1. The van der Waals surface area contributed by atoms with Crippen LogP contribution in [-0.4, -0.2) is 25.3 Å². The number of aryl methyl sites for hydroxylation is 1. The van der Waals surface area contributed by atoms with Gasteiger partial charge in [0.2, 0.25) is 0 Å². The smallest absolute Gasteiger partial charge is 0.336 e. The zero-order chi connectivity index (χ0) is 21.7. The van der Waals surface area contributed by atoms with E-state index in [4.69, 9.17) is 18.6 Å². The van der Waals surface area contributed by atoms with E-state index in [2.05, 4.69) is 0 Å². The Morgan fingerprint density at radius 3 is 2.60 bits per heavy atom. The molecule has 0 fully saturated rings. The number of fused-ring (bicyclic) bond motifs is 1. The highest BCUT2D eigenvalue weighted by molar-refractivity contribution is 5.88. The second-order valence-electron chi connectivity index (χ2n) is 6.47. The van der Waals surface area contributed by atoms with Crippen LogP contribution in [0.15, 0.2) is 51.7 Å². The molecule has 0 aliphatic rings. The molecular formula is C23H22O7. The van der Waals surface area contributed by atoms with Gasteiger partial charge in [0.05, 0.1) is 14.2 Å². The summed E-state index contributed by atoms with van der Waals surface area (Å²) in [7, 11) is 3.08. The van der Waals surface area contributed by atoms with Gasteiger partial charge in [-0.3, -0.25) is 0 Å². The summed E-state index contributed by atoms with van der Waals surface area (Å²) in [5, 5.41) is 10.6. The third-order valence-corrected chi connectivity index (χ3v) is 4.62. The van der Waals surface area contributed by atoms with E-state index in [0.29, 0.717) is 40.0 Å². The van der Waals surface area contributed by atoms with Crippen LogP contribution >= 0.6 is 0 Å². The fourth-order valence-electron chi connectivity index (χ4n) is 3.02. The third-order valence-electron chi connectivity index (χ3n) is 4.62. The standard InChI is InChI=1S/C23H22O7/c1-4-14-9-18-16(10-23(26)30-21(18)12-19(14)24)13-29-22(25)8-6-15-5-7-17(27-2)11-20(15)28-3/h5-12,24H,4,13H2,1-3H3/b8-6+. The fourth-order valence-corrected chi connectivity index (χ4v) is 3.02. The number of esters is 1. The number of hydrogen-bond acceptors (Lipinski definition) is 7. The molecule has 3 rings (SSSR count). The van der Waals surface area contributed by atoms with Crippen LogP contribution in [0.25, 0.3) is 17.0 Å². The predicted molar refractivity (Wildman–Crippen MR) is 112 cm³/mol. The largest absolute Gasteiger partial charge is 0.508 e. The lowest BCUT2D eigenvalue weighted by atomic mass is 10.0. The minimum absolute atomic E-state index is 0.0543. The quantitative estimate of drug-likeness (QED) is 0.359. The molecule has 0 radical (unpaired) electrons. The van der Waals surface area contributed by atoms with E-state index in [0.717, 1.165) is 0 Å².